The molecule has 2 aromatic carbocycles. The second-order valence-corrected chi connectivity index (χ2v) is 9.00. The minimum absolute atomic E-state index is 0.127. The molecule has 0 N–H and O–H groups in total. The number of imidazole rings is 1. The first-order valence-corrected chi connectivity index (χ1v) is 10.5. The number of rotatable bonds is 6. The third-order valence-electron chi connectivity index (χ3n) is 4.60. The summed E-state index contributed by atoms with van der Waals surface area (Å²) in [5.74, 6) is -0.335. The molecule has 0 radical (unpaired) electrons. The molecule has 162 valence electrons. The van der Waals surface area contributed by atoms with Gasteiger partial charge in [-0.15, -0.1) is 0 Å². The van der Waals surface area contributed by atoms with Crippen molar-refractivity contribution in [3.8, 4) is 6.07 Å². The minimum Gasteiger partial charge on any atom is -0.456 e. The Labute approximate surface area is 188 Å². The Hall–Kier alpha value is -2.76. The number of carbonyl (C=O) groups is 1. The number of nitriles is 1. The molecule has 3 aromatic rings. The highest BCUT2D eigenvalue weighted by Crippen LogP contribution is 2.26. The lowest BCUT2D eigenvalue weighted by molar-refractivity contribution is 0.00696. The molecule has 1 aromatic heterocycles. The molecule has 6 nitrogen and oxygen atoms in total. The van der Waals surface area contributed by atoms with Gasteiger partial charge in [0.05, 0.1) is 34.8 Å². The second kappa shape index (κ2) is 9.16. The molecule has 0 fully saturated rings. The first-order valence-electron chi connectivity index (χ1n) is 9.72. The highest BCUT2D eigenvalue weighted by Gasteiger charge is 2.21. The summed E-state index contributed by atoms with van der Waals surface area (Å²) >= 11 is 3.22. The van der Waals surface area contributed by atoms with Crippen molar-refractivity contribution >= 4 is 32.9 Å². The highest BCUT2D eigenvalue weighted by atomic mass is 79.9. The molecule has 0 amide bonds. The van der Waals surface area contributed by atoms with Crippen LogP contribution in [0.3, 0.4) is 0 Å². The van der Waals surface area contributed by atoms with Gasteiger partial charge in [-0.05, 0) is 51.1 Å². The second-order valence-electron chi connectivity index (χ2n) is 8.08. The van der Waals surface area contributed by atoms with E-state index in [4.69, 9.17) is 9.47 Å². The predicted octanol–water partition coefficient (Wildman–Crippen LogP) is 5.00. The zero-order chi connectivity index (χ0) is 22.8. The molecule has 3 rings (SSSR count). The summed E-state index contributed by atoms with van der Waals surface area (Å²) in [5.41, 5.74) is 1.68. The number of hydrogen-bond donors (Lipinski definition) is 0. The zero-order valence-corrected chi connectivity index (χ0v) is 19.4. The average molecular weight is 488 g/mol. The number of hydrogen-bond acceptors (Lipinski definition) is 5. The van der Waals surface area contributed by atoms with E-state index in [9.17, 15) is 14.4 Å². The third-order valence-corrected chi connectivity index (χ3v) is 5.05. The van der Waals surface area contributed by atoms with Gasteiger partial charge >= 0.3 is 5.97 Å². The van der Waals surface area contributed by atoms with Gasteiger partial charge in [0.25, 0.3) is 0 Å². The van der Waals surface area contributed by atoms with Crippen LogP contribution in [0, 0.1) is 17.1 Å². The summed E-state index contributed by atoms with van der Waals surface area (Å²) in [6, 6.07) is 10.1. The summed E-state index contributed by atoms with van der Waals surface area (Å²) in [4.78, 5) is 17.2. The van der Waals surface area contributed by atoms with E-state index in [-0.39, 0.29) is 17.5 Å². The highest BCUT2D eigenvalue weighted by molar-refractivity contribution is 9.10. The van der Waals surface area contributed by atoms with Crippen LogP contribution in [-0.2, 0) is 22.4 Å². The number of aromatic nitrogens is 2. The van der Waals surface area contributed by atoms with Crippen LogP contribution < -0.4 is 0 Å². The van der Waals surface area contributed by atoms with E-state index < -0.39 is 17.4 Å². The SMILES string of the molecule is COCCn1c(Cc2c(F)cc(Br)cc2C#N)nc2ccc(C(=O)OC(C)(C)C)cc21. The van der Waals surface area contributed by atoms with Crippen LogP contribution in [0.4, 0.5) is 4.39 Å². The lowest BCUT2D eigenvalue weighted by Gasteiger charge is -2.19. The third kappa shape index (κ3) is 5.30. The maximum absolute atomic E-state index is 14.6. The van der Waals surface area contributed by atoms with Crippen molar-refractivity contribution in [2.24, 2.45) is 0 Å². The summed E-state index contributed by atoms with van der Waals surface area (Å²) in [6.07, 6.45) is 0.127. The van der Waals surface area contributed by atoms with Crippen molar-refractivity contribution in [2.45, 2.75) is 39.3 Å². The van der Waals surface area contributed by atoms with Gasteiger partial charge < -0.3 is 14.0 Å². The molecule has 0 aliphatic heterocycles. The Morgan fingerprint density at radius 2 is 2.03 bits per heavy atom. The molecule has 0 spiro atoms. The Balaban J connectivity index is 2.08. The standard InChI is InChI=1S/C23H23BrFN3O3/c1-23(2,3)31-22(29)14-5-6-19-20(10-14)28(7-8-30-4)21(27-19)12-17-15(13-26)9-16(24)11-18(17)25/h5-6,9-11H,7-8,12H2,1-4H3. The molecular formula is C23H23BrFN3O3. The van der Waals surface area contributed by atoms with Gasteiger partial charge in [0.1, 0.15) is 17.2 Å². The number of carbonyl (C=O) groups excluding carboxylic acids is 1. The van der Waals surface area contributed by atoms with Gasteiger partial charge in [-0.1, -0.05) is 15.9 Å². The van der Waals surface area contributed by atoms with Gasteiger partial charge in [-0.25, -0.2) is 14.2 Å². The molecule has 31 heavy (non-hydrogen) atoms. The largest absolute Gasteiger partial charge is 0.456 e. The molecule has 0 bridgehead atoms. The number of halogens is 2. The molecule has 8 heteroatoms. The average Bonchev–Trinajstić information content (AvgIpc) is 3.03. The number of methoxy groups -OCH3 is 1. The predicted molar refractivity (Wildman–Crippen MR) is 118 cm³/mol. The maximum Gasteiger partial charge on any atom is 0.338 e. The fourth-order valence-corrected chi connectivity index (χ4v) is 3.67. The van der Waals surface area contributed by atoms with E-state index in [0.29, 0.717) is 40.0 Å². The topological polar surface area (TPSA) is 77.1 Å². The number of esters is 1. The van der Waals surface area contributed by atoms with Crippen molar-refractivity contribution < 1.29 is 18.7 Å². The monoisotopic (exact) mass is 487 g/mol. The Morgan fingerprint density at radius 3 is 2.68 bits per heavy atom. The van der Waals surface area contributed by atoms with Gasteiger partial charge in [-0.2, -0.15) is 5.26 Å². The maximum atomic E-state index is 14.6. The first-order chi connectivity index (χ1) is 14.6. The number of nitrogens with zero attached hydrogens (tertiary/aromatic N) is 3. The Kier molecular flexibility index (Phi) is 6.77. The van der Waals surface area contributed by atoms with Gasteiger partial charge in [0.2, 0.25) is 0 Å². The molecule has 0 saturated carbocycles. The van der Waals surface area contributed by atoms with Crippen molar-refractivity contribution in [1.29, 1.82) is 5.26 Å². The smallest absolute Gasteiger partial charge is 0.338 e. The summed E-state index contributed by atoms with van der Waals surface area (Å²) in [7, 11) is 1.59. The first kappa shape index (κ1) is 22.9. The molecule has 0 atom stereocenters. The molecule has 0 aliphatic rings. The molecule has 0 saturated heterocycles. The Morgan fingerprint density at radius 1 is 1.29 bits per heavy atom. The van der Waals surface area contributed by atoms with Gasteiger partial charge in [-0.3, -0.25) is 0 Å². The van der Waals surface area contributed by atoms with Crippen LogP contribution in [0.15, 0.2) is 34.8 Å². The summed E-state index contributed by atoms with van der Waals surface area (Å²) in [6.45, 7) is 6.29. The van der Waals surface area contributed by atoms with E-state index in [1.54, 1.807) is 31.4 Å². The van der Waals surface area contributed by atoms with E-state index in [2.05, 4.69) is 20.9 Å². The molecule has 0 aliphatic carbocycles. The molecule has 1 heterocycles. The lowest BCUT2D eigenvalue weighted by Crippen LogP contribution is -2.23. The normalized spacial score (nSPS) is 11.5. The summed E-state index contributed by atoms with van der Waals surface area (Å²) in [5, 5.41) is 9.45. The lowest BCUT2D eigenvalue weighted by atomic mass is 10.0. The summed E-state index contributed by atoms with van der Waals surface area (Å²) < 4.78 is 27.7. The van der Waals surface area contributed by atoms with E-state index in [1.165, 1.54) is 6.07 Å². The van der Waals surface area contributed by atoms with Crippen LogP contribution in [0.25, 0.3) is 11.0 Å². The van der Waals surface area contributed by atoms with Crippen LogP contribution in [-0.4, -0.2) is 34.8 Å². The van der Waals surface area contributed by atoms with Crippen molar-refractivity contribution in [2.75, 3.05) is 13.7 Å². The minimum atomic E-state index is -0.611. The zero-order valence-electron chi connectivity index (χ0n) is 17.8. The molecule has 0 unspecified atom stereocenters. The van der Waals surface area contributed by atoms with Gasteiger partial charge in [0, 0.05) is 30.1 Å². The van der Waals surface area contributed by atoms with Crippen molar-refractivity contribution in [1.82, 2.24) is 9.55 Å². The van der Waals surface area contributed by atoms with E-state index >= 15 is 0 Å². The number of ether oxygens (including phenoxy) is 2. The Bertz CT molecular complexity index is 1180. The fraction of sp³-hybridized carbons (Fsp3) is 0.348. The van der Waals surface area contributed by atoms with E-state index in [1.807, 2.05) is 31.4 Å². The van der Waals surface area contributed by atoms with Crippen molar-refractivity contribution in [3.63, 3.8) is 0 Å². The fourth-order valence-electron chi connectivity index (χ4n) is 3.24. The van der Waals surface area contributed by atoms with Crippen LogP contribution >= 0.6 is 15.9 Å². The van der Waals surface area contributed by atoms with Crippen LogP contribution in [0.1, 0.15) is 48.1 Å². The van der Waals surface area contributed by atoms with Gasteiger partial charge in [0.15, 0.2) is 0 Å². The quantitative estimate of drug-likeness (QED) is 0.457. The van der Waals surface area contributed by atoms with Crippen LogP contribution in [0.2, 0.25) is 0 Å². The van der Waals surface area contributed by atoms with Crippen LogP contribution in [0.5, 0.6) is 0 Å². The molecular weight excluding hydrogens is 465 g/mol. The number of fused-ring (bicyclic) bond motifs is 1. The van der Waals surface area contributed by atoms with E-state index in [0.717, 1.165) is 0 Å². The number of benzene rings is 2. The van der Waals surface area contributed by atoms with Crippen molar-refractivity contribution in [3.05, 3.63) is 63.1 Å².